The third-order valence-corrected chi connectivity index (χ3v) is 6.24. The van der Waals surface area contributed by atoms with E-state index in [1.165, 1.54) is 10.1 Å². The van der Waals surface area contributed by atoms with E-state index in [0.717, 1.165) is 51.4 Å². The largest absolute Gasteiger partial charge is 0.398 e. The van der Waals surface area contributed by atoms with Crippen LogP contribution in [0.2, 0.25) is 0 Å². The molecule has 30 heavy (non-hydrogen) atoms. The molecule has 2 heterocycles. The minimum atomic E-state index is -0.0906. The van der Waals surface area contributed by atoms with Gasteiger partial charge >= 0.3 is 0 Å². The second-order valence-electron chi connectivity index (χ2n) is 7.38. The number of carbonyl (C=O) groups excluding carboxylic acids is 1. The van der Waals surface area contributed by atoms with E-state index in [2.05, 4.69) is 43.8 Å². The van der Waals surface area contributed by atoms with Crippen molar-refractivity contribution in [3.05, 3.63) is 54.1 Å². The van der Waals surface area contributed by atoms with Gasteiger partial charge in [-0.05, 0) is 55.2 Å². The minimum Gasteiger partial charge on any atom is -0.398 e. The number of benzene rings is 2. The van der Waals surface area contributed by atoms with Crippen LogP contribution in [0.25, 0.3) is 10.1 Å². The molecule has 0 bridgehead atoms. The lowest BCUT2D eigenvalue weighted by atomic mass is 10.1. The summed E-state index contributed by atoms with van der Waals surface area (Å²) in [6.07, 6.45) is 2.04. The third kappa shape index (κ3) is 5.22. The molecule has 0 saturated carbocycles. The van der Waals surface area contributed by atoms with Crippen molar-refractivity contribution in [2.24, 2.45) is 0 Å². The standard InChI is InChI=1S/C22H27N5OS.ClH/c23-19-9-3-1-7-17(19)22(28)24-11-5-6-12-26-13-15-27(16-14-26)21-18-8-2-4-10-20(18)29-25-21;/h1-4,7-10H,5-6,11-16,23H2,(H,24,28);1H. The Morgan fingerprint density at radius 3 is 2.57 bits per heavy atom. The summed E-state index contributed by atoms with van der Waals surface area (Å²) in [5, 5.41) is 4.23. The number of halogens is 1. The Balaban J connectivity index is 0.00000256. The molecular formula is C22H28ClN5OS. The molecule has 1 aliphatic rings. The molecule has 160 valence electrons. The van der Waals surface area contributed by atoms with Gasteiger partial charge in [0.1, 0.15) is 5.82 Å². The van der Waals surface area contributed by atoms with E-state index in [1.54, 1.807) is 23.7 Å². The number of carbonyl (C=O) groups is 1. The molecule has 0 unspecified atom stereocenters. The van der Waals surface area contributed by atoms with Crippen molar-refractivity contribution in [2.75, 3.05) is 49.9 Å². The van der Waals surface area contributed by atoms with Gasteiger partial charge in [0.15, 0.2) is 0 Å². The first-order chi connectivity index (χ1) is 14.2. The highest BCUT2D eigenvalue weighted by Gasteiger charge is 2.20. The van der Waals surface area contributed by atoms with Crippen LogP contribution in [0, 0.1) is 0 Å². The van der Waals surface area contributed by atoms with E-state index in [1.807, 2.05) is 12.1 Å². The molecule has 1 aromatic heterocycles. The normalized spacial score (nSPS) is 14.5. The zero-order valence-corrected chi connectivity index (χ0v) is 18.6. The number of hydrogen-bond acceptors (Lipinski definition) is 6. The van der Waals surface area contributed by atoms with E-state index in [0.29, 0.717) is 17.8 Å². The number of nitrogen functional groups attached to an aromatic ring is 1. The Morgan fingerprint density at radius 1 is 1.03 bits per heavy atom. The smallest absolute Gasteiger partial charge is 0.253 e. The van der Waals surface area contributed by atoms with Crippen LogP contribution in [0.15, 0.2) is 48.5 Å². The number of unbranched alkanes of at least 4 members (excludes halogenated alkanes) is 1. The lowest BCUT2D eigenvalue weighted by molar-refractivity contribution is 0.0953. The third-order valence-electron chi connectivity index (χ3n) is 5.42. The fraction of sp³-hybridized carbons (Fsp3) is 0.364. The number of hydrogen-bond donors (Lipinski definition) is 2. The summed E-state index contributed by atoms with van der Waals surface area (Å²) in [4.78, 5) is 17.1. The molecule has 1 aliphatic heterocycles. The molecule has 6 nitrogen and oxygen atoms in total. The van der Waals surface area contributed by atoms with Gasteiger partial charge in [-0.1, -0.05) is 24.3 Å². The monoisotopic (exact) mass is 445 g/mol. The molecule has 0 spiro atoms. The van der Waals surface area contributed by atoms with Gasteiger partial charge < -0.3 is 16.0 Å². The van der Waals surface area contributed by atoms with Crippen LogP contribution in [0.1, 0.15) is 23.2 Å². The Bertz CT molecular complexity index is 971. The predicted octanol–water partition coefficient (Wildman–Crippen LogP) is 3.63. The predicted molar refractivity (Wildman–Crippen MR) is 128 cm³/mol. The Morgan fingerprint density at radius 2 is 1.77 bits per heavy atom. The number of rotatable bonds is 7. The zero-order valence-electron chi connectivity index (χ0n) is 16.9. The van der Waals surface area contributed by atoms with E-state index < -0.39 is 0 Å². The fourth-order valence-electron chi connectivity index (χ4n) is 3.75. The summed E-state index contributed by atoms with van der Waals surface area (Å²) in [6.45, 7) is 5.87. The minimum absolute atomic E-state index is 0. The molecule has 1 saturated heterocycles. The Kier molecular flexibility index (Phi) is 7.90. The van der Waals surface area contributed by atoms with Crippen molar-refractivity contribution in [2.45, 2.75) is 12.8 Å². The number of nitrogens with zero attached hydrogens (tertiary/aromatic N) is 3. The number of piperazine rings is 1. The van der Waals surface area contributed by atoms with Gasteiger partial charge in [-0.25, -0.2) is 0 Å². The summed E-state index contributed by atoms with van der Waals surface area (Å²) in [5.41, 5.74) is 6.93. The molecule has 4 rings (SSSR count). The van der Waals surface area contributed by atoms with E-state index >= 15 is 0 Å². The van der Waals surface area contributed by atoms with Gasteiger partial charge in [-0.3, -0.25) is 9.69 Å². The van der Waals surface area contributed by atoms with Crippen LogP contribution in [-0.2, 0) is 0 Å². The van der Waals surface area contributed by atoms with Gasteiger partial charge in [0.05, 0.1) is 10.3 Å². The summed E-state index contributed by atoms with van der Waals surface area (Å²) < 4.78 is 5.93. The highest BCUT2D eigenvalue weighted by atomic mass is 35.5. The number of nitrogens with two attached hydrogens (primary N) is 1. The van der Waals surface area contributed by atoms with Gasteiger partial charge in [0, 0.05) is 43.8 Å². The highest BCUT2D eigenvalue weighted by Crippen LogP contribution is 2.29. The van der Waals surface area contributed by atoms with Crippen LogP contribution >= 0.6 is 23.9 Å². The summed E-state index contributed by atoms with van der Waals surface area (Å²) in [6, 6.07) is 15.6. The Labute approximate surface area is 187 Å². The molecule has 3 aromatic rings. The summed E-state index contributed by atoms with van der Waals surface area (Å²) >= 11 is 1.58. The first-order valence-corrected chi connectivity index (χ1v) is 10.9. The molecule has 0 atom stereocenters. The summed E-state index contributed by atoms with van der Waals surface area (Å²) in [7, 11) is 0. The van der Waals surface area contributed by atoms with Crippen molar-refractivity contribution in [3.63, 3.8) is 0 Å². The molecular weight excluding hydrogens is 418 g/mol. The van der Waals surface area contributed by atoms with Crippen molar-refractivity contribution in [3.8, 4) is 0 Å². The number of nitrogens with one attached hydrogen (secondary N) is 1. The molecule has 1 fully saturated rings. The highest BCUT2D eigenvalue weighted by molar-refractivity contribution is 7.13. The quantitative estimate of drug-likeness (QED) is 0.429. The molecule has 0 radical (unpaired) electrons. The molecule has 3 N–H and O–H groups in total. The number of aromatic nitrogens is 1. The van der Waals surface area contributed by atoms with Gasteiger partial charge in [-0.15, -0.1) is 12.4 Å². The van der Waals surface area contributed by atoms with E-state index in [9.17, 15) is 4.79 Å². The number of fused-ring (bicyclic) bond motifs is 1. The Hall–Kier alpha value is -2.35. The molecule has 1 amide bonds. The lowest BCUT2D eigenvalue weighted by Crippen LogP contribution is -2.46. The first-order valence-electron chi connectivity index (χ1n) is 10.2. The average Bonchev–Trinajstić information content (AvgIpc) is 3.18. The van der Waals surface area contributed by atoms with Crippen LogP contribution < -0.4 is 16.0 Å². The van der Waals surface area contributed by atoms with Crippen LogP contribution in [0.4, 0.5) is 11.5 Å². The van der Waals surface area contributed by atoms with E-state index in [-0.39, 0.29) is 18.3 Å². The van der Waals surface area contributed by atoms with E-state index in [4.69, 9.17) is 5.73 Å². The van der Waals surface area contributed by atoms with Gasteiger partial charge in [0.2, 0.25) is 0 Å². The van der Waals surface area contributed by atoms with Gasteiger partial charge in [-0.2, -0.15) is 4.37 Å². The molecule has 8 heteroatoms. The fourth-order valence-corrected chi connectivity index (χ4v) is 4.54. The van der Waals surface area contributed by atoms with Crippen LogP contribution in [0.5, 0.6) is 0 Å². The van der Waals surface area contributed by atoms with Crippen molar-refractivity contribution < 1.29 is 4.79 Å². The number of anilines is 2. The lowest BCUT2D eigenvalue weighted by Gasteiger charge is -2.35. The zero-order chi connectivity index (χ0) is 20.1. The van der Waals surface area contributed by atoms with Gasteiger partial charge in [0.25, 0.3) is 5.91 Å². The van der Waals surface area contributed by atoms with Crippen molar-refractivity contribution in [1.29, 1.82) is 0 Å². The van der Waals surface area contributed by atoms with Crippen molar-refractivity contribution in [1.82, 2.24) is 14.6 Å². The SMILES string of the molecule is Cl.Nc1ccccc1C(=O)NCCCCN1CCN(c2nsc3ccccc23)CC1. The second-order valence-corrected chi connectivity index (χ2v) is 8.19. The van der Waals surface area contributed by atoms with Crippen molar-refractivity contribution >= 4 is 51.4 Å². The van der Waals surface area contributed by atoms with Crippen LogP contribution in [-0.4, -0.2) is 54.4 Å². The average molecular weight is 446 g/mol. The maximum atomic E-state index is 12.2. The molecule has 2 aromatic carbocycles. The molecule has 0 aliphatic carbocycles. The topological polar surface area (TPSA) is 74.5 Å². The maximum absolute atomic E-state index is 12.2. The number of para-hydroxylation sites is 1. The first kappa shape index (κ1) is 22.3. The maximum Gasteiger partial charge on any atom is 0.253 e. The number of amides is 1. The summed E-state index contributed by atoms with van der Waals surface area (Å²) in [5.74, 6) is 1.04. The second kappa shape index (κ2) is 10.6. The van der Waals surface area contributed by atoms with Crippen LogP contribution in [0.3, 0.4) is 0 Å².